The Balaban J connectivity index is 0.00000379. The lowest BCUT2D eigenvalue weighted by Crippen LogP contribution is -1.96. The zero-order valence-electron chi connectivity index (χ0n) is 19.4. The van der Waals surface area contributed by atoms with Gasteiger partial charge in [0.2, 0.25) is 0 Å². The first-order chi connectivity index (χ1) is 14.2. The summed E-state index contributed by atoms with van der Waals surface area (Å²) in [6.07, 6.45) is 15.1. The summed E-state index contributed by atoms with van der Waals surface area (Å²) in [5.41, 5.74) is 3.62. The Kier molecular flexibility index (Phi) is 17.8. The van der Waals surface area contributed by atoms with Gasteiger partial charge >= 0.3 is 0 Å². The Morgan fingerprint density at radius 3 is 2.48 bits per heavy atom. The fraction of sp³-hybridized carbons (Fsp3) is 0.500. The summed E-state index contributed by atoms with van der Waals surface area (Å²) in [7, 11) is 0. The van der Waals surface area contributed by atoms with Gasteiger partial charge in [0.05, 0.1) is 12.9 Å². The van der Waals surface area contributed by atoms with Crippen LogP contribution in [-0.4, -0.2) is 12.8 Å². The van der Waals surface area contributed by atoms with Crippen LogP contribution in [0, 0.1) is 0 Å². The van der Waals surface area contributed by atoms with Gasteiger partial charge in [0.1, 0.15) is 5.75 Å². The maximum atomic E-state index is 5.81. The fourth-order valence-corrected chi connectivity index (χ4v) is 2.55. The van der Waals surface area contributed by atoms with Gasteiger partial charge in [0.25, 0.3) is 0 Å². The molecule has 1 rings (SSSR count). The molecule has 0 aromatic heterocycles. The molecule has 0 aliphatic rings. The standard InChI is InChI=1S/C24H35NO2.C2H6/c1-5-7-8-9-11-18-27-23-15-13-14-22(19-23)20-26-17-12-10-16-24(21(3)4)25-6-2;1-2/h5-7,11,13-15,18-19H,8-10,12,16-17,20H2,1-4H3;1-2H3/b7-5-,18-11+,25-6?;. The molecule has 0 radical (unpaired) electrons. The van der Waals surface area contributed by atoms with Gasteiger partial charge in [-0.05, 0) is 83.6 Å². The molecule has 0 aliphatic carbocycles. The third-order valence-electron chi connectivity index (χ3n) is 4.02. The van der Waals surface area contributed by atoms with E-state index in [0.717, 1.165) is 50.0 Å². The van der Waals surface area contributed by atoms with Gasteiger partial charge in [0.15, 0.2) is 0 Å². The number of benzene rings is 1. The van der Waals surface area contributed by atoms with Crippen molar-refractivity contribution in [1.29, 1.82) is 0 Å². The zero-order chi connectivity index (χ0) is 21.7. The summed E-state index contributed by atoms with van der Waals surface area (Å²) in [5.74, 6) is 0.851. The highest BCUT2D eigenvalue weighted by atomic mass is 16.5. The van der Waals surface area contributed by atoms with Crippen LogP contribution < -0.4 is 4.74 Å². The number of hydrogen-bond donors (Lipinski definition) is 0. The Labute approximate surface area is 179 Å². The summed E-state index contributed by atoms with van der Waals surface area (Å²) < 4.78 is 11.5. The average Bonchev–Trinajstić information content (AvgIpc) is 2.74. The van der Waals surface area contributed by atoms with E-state index in [1.165, 1.54) is 11.3 Å². The lowest BCUT2D eigenvalue weighted by molar-refractivity contribution is 0.117. The Hall–Kier alpha value is -2.13. The fourth-order valence-electron chi connectivity index (χ4n) is 2.55. The predicted molar refractivity (Wildman–Crippen MR) is 128 cm³/mol. The van der Waals surface area contributed by atoms with Crippen molar-refractivity contribution in [3.63, 3.8) is 0 Å². The van der Waals surface area contributed by atoms with Crippen molar-refractivity contribution in [2.45, 2.75) is 80.3 Å². The van der Waals surface area contributed by atoms with Crippen LogP contribution in [0.2, 0.25) is 0 Å². The number of allylic oxidation sites excluding steroid dienone is 5. The Morgan fingerprint density at radius 2 is 1.79 bits per heavy atom. The summed E-state index contributed by atoms with van der Waals surface area (Å²) in [6, 6.07) is 8.08. The normalized spacial score (nSPS) is 11.1. The molecule has 0 atom stereocenters. The minimum atomic E-state index is 0.616. The van der Waals surface area contributed by atoms with E-state index in [2.05, 4.69) is 37.1 Å². The van der Waals surface area contributed by atoms with Gasteiger partial charge in [-0.1, -0.05) is 43.7 Å². The minimum absolute atomic E-state index is 0.616. The van der Waals surface area contributed by atoms with Gasteiger partial charge in [-0.3, -0.25) is 4.99 Å². The SMILES string of the molecule is CC.CC=NC(CCCCOCc1cccc(O/C=C/CC/C=C\C)c1)=C(C)C. The second-order valence-electron chi connectivity index (χ2n) is 6.63. The smallest absolute Gasteiger partial charge is 0.126 e. The van der Waals surface area contributed by atoms with E-state index in [4.69, 9.17) is 9.47 Å². The van der Waals surface area contributed by atoms with Crippen LogP contribution in [0.3, 0.4) is 0 Å². The summed E-state index contributed by atoms with van der Waals surface area (Å²) in [5, 5.41) is 0. The van der Waals surface area contributed by atoms with Crippen LogP contribution in [0.15, 0.2) is 65.0 Å². The van der Waals surface area contributed by atoms with E-state index in [0.29, 0.717) is 6.61 Å². The predicted octanol–water partition coefficient (Wildman–Crippen LogP) is 8.03. The van der Waals surface area contributed by atoms with Crippen molar-refractivity contribution in [2.24, 2.45) is 4.99 Å². The third kappa shape index (κ3) is 14.5. The average molecular weight is 400 g/mol. The lowest BCUT2D eigenvalue weighted by atomic mass is 10.1. The largest absolute Gasteiger partial charge is 0.465 e. The molecule has 0 spiro atoms. The maximum absolute atomic E-state index is 5.81. The number of ether oxygens (including phenoxy) is 2. The molecule has 29 heavy (non-hydrogen) atoms. The number of nitrogens with zero attached hydrogens (tertiary/aromatic N) is 1. The molecule has 0 amide bonds. The second kappa shape index (κ2) is 19.2. The van der Waals surface area contributed by atoms with Crippen molar-refractivity contribution in [1.82, 2.24) is 0 Å². The Bertz CT molecular complexity index is 638. The van der Waals surface area contributed by atoms with Crippen molar-refractivity contribution >= 4 is 6.21 Å². The van der Waals surface area contributed by atoms with Gasteiger partial charge in [-0.15, -0.1) is 0 Å². The van der Waals surface area contributed by atoms with Crippen LogP contribution in [0.1, 0.15) is 79.2 Å². The highest BCUT2D eigenvalue weighted by Crippen LogP contribution is 2.16. The van der Waals surface area contributed by atoms with Crippen molar-refractivity contribution < 1.29 is 9.47 Å². The quantitative estimate of drug-likeness (QED) is 0.145. The number of hydrogen-bond acceptors (Lipinski definition) is 3. The first-order valence-corrected chi connectivity index (χ1v) is 10.9. The van der Waals surface area contributed by atoms with Gasteiger partial charge in [-0.2, -0.15) is 0 Å². The molecule has 1 aromatic rings. The molecule has 0 unspecified atom stereocenters. The number of aliphatic imine (C=N–C) groups is 1. The maximum Gasteiger partial charge on any atom is 0.126 e. The van der Waals surface area contributed by atoms with Crippen LogP contribution in [0.4, 0.5) is 0 Å². The van der Waals surface area contributed by atoms with E-state index in [1.807, 2.05) is 58.2 Å². The molecule has 0 saturated heterocycles. The molecule has 0 aliphatic heterocycles. The Morgan fingerprint density at radius 1 is 1.03 bits per heavy atom. The van der Waals surface area contributed by atoms with Crippen LogP contribution >= 0.6 is 0 Å². The molecule has 0 N–H and O–H groups in total. The van der Waals surface area contributed by atoms with Crippen LogP contribution in [-0.2, 0) is 11.3 Å². The van der Waals surface area contributed by atoms with Gasteiger partial charge in [-0.25, -0.2) is 0 Å². The van der Waals surface area contributed by atoms with Crippen molar-refractivity contribution in [3.05, 3.63) is 65.6 Å². The van der Waals surface area contributed by atoms with Crippen molar-refractivity contribution in [3.8, 4) is 5.75 Å². The van der Waals surface area contributed by atoms with Crippen molar-refractivity contribution in [2.75, 3.05) is 6.61 Å². The summed E-state index contributed by atoms with van der Waals surface area (Å²) >= 11 is 0. The van der Waals surface area contributed by atoms with E-state index in [1.54, 1.807) is 6.26 Å². The molecule has 3 nitrogen and oxygen atoms in total. The first-order valence-electron chi connectivity index (χ1n) is 10.9. The number of unbranched alkanes of at least 4 members (excludes halogenated alkanes) is 2. The van der Waals surface area contributed by atoms with Gasteiger partial charge in [0, 0.05) is 18.5 Å². The molecule has 3 heteroatoms. The van der Waals surface area contributed by atoms with Gasteiger partial charge < -0.3 is 9.47 Å². The second-order valence-corrected chi connectivity index (χ2v) is 6.63. The molecule has 1 aromatic carbocycles. The first kappa shape index (κ1) is 26.9. The highest BCUT2D eigenvalue weighted by Gasteiger charge is 1.99. The molecule has 0 saturated carbocycles. The molecular formula is C26H41NO2. The van der Waals surface area contributed by atoms with Crippen LogP contribution in [0.25, 0.3) is 0 Å². The van der Waals surface area contributed by atoms with E-state index in [-0.39, 0.29) is 0 Å². The monoisotopic (exact) mass is 399 g/mol. The lowest BCUT2D eigenvalue weighted by Gasteiger charge is -2.07. The van der Waals surface area contributed by atoms with Crippen LogP contribution in [0.5, 0.6) is 5.75 Å². The topological polar surface area (TPSA) is 30.8 Å². The summed E-state index contributed by atoms with van der Waals surface area (Å²) in [6.45, 7) is 13.6. The minimum Gasteiger partial charge on any atom is -0.465 e. The third-order valence-corrected chi connectivity index (χ3v) is 4.02. The molecule has 0 fully saturated rings. The molecule has 162 valence electrons. The molecule has 0 bridgehead atoms. The van der Waals surface area contributed by atoms with E-state index in [9.17, 15) is 0 Å². The number of rotatable bonds is 13. The van der Waals surface area contributed by atoms with E-state index < -0.39 is 0 Å². The molecule has 0 heterocycles. The van der Waals surface area contributed by atoms with E-state index >= 15 is 0 Å². The summed E-state index contributed by atoms with van der Waals surface area (Å²) in [4.78, 5) is 4.43. The molecular weight excluding hydrogens is 358 g/mol. The zero-order valence-corrected chi connectivity index (χ0v) is 19.4. The highest BCUT2D eigenvalue weighted by molar-refractivity contribution is 5.55.